The first-order chi connectivity index (χ1) is 12.9. The Labute approximate surface area is 160 Å². The maximum Gasteiger partial charge on any atom is 0.264 e. The Kier molecular flexibility index (Phi) is 9.60. The van der Waals surface area contributed by atoms with Gasteiger partial charge in [0, 0.05) is 12.6 Å². The molecule has 8 nitrogen and oxygen atoms in total. The summed E-state index contributed by atoms with van der Waals surface area (Å²) in [6.07, 6.45) is 8.78. The summed E-state index contributed by atoms with van der Waals surface area (Å²) in [5.41, 5.74) is 11.1. The van der Waals surface area contributed by atoms with Crippen LogP contribution in [-0.4, -0.2) is 40.2 Å². The van der Waals surface area contributed by atoms with Crippen molar-refractivity contribution < 1.29 is 14.6 Å². The van der Waals surface area contributed by atoms with Crippen molar-refractivity contribution in [3.05, 3.63) is 48.1 Å². The normalized spacial score (nSPS) is 12.8. The van der Waals surface area contributed by atoms with Gasteiger partial charge >= 0.3 is 0 Å². The number of aliphatic hydroxyl groups is 1. The van der Waals surface area contributed by atoms with E-state index in [9.17, 15) is 9.90 Å². The lowest BCUT2D eigenvalue weighted by Gasteiger charge is -2.20. The number of amides is 1. The summed E-state index contributed by atoms with van der Waals surface area (Å²) in [6.45, 7) is 8.08. The van der Waals surface area contributed by atoms with Gasteiger partial charge in [0.2, 0.25) is 0 Å². The predicted octanol–water partition coefficient (Wildman–Crippen LogP) is 1.57. The molecule has 1 heterocycles. The first-order valence-electron chi connectivity index (χ1n) is 8.82. The molecule has 0 bridgehead atoms. The fraction of sp³-hybridized carbons (Fsp3) is 0.421. The highest BCUT2D eigenvalue weighted by Crippen LogP contribution is 2.23. The number of aliphatic hydroxyl groups excluding tert-OH is 1. The largest absolute Gasteiger partial charge is 0.483 e. The number of ether oxygens (including phenoxy) is 1. The Morgan fingerprint density at radius 2 is 2.19 bits per heavy atom. The number of allylic oxidation sites excluding steroid dienone is 2. The van der Waals surface area contributed by atoms with Crippen LogP contribution in [0.3, 0.4) is 0 Å². The van der Waals surface area contributed by atoms with Crippen molar-refractivity contribution in [2.45, 2.75) is 39.2 Å². The number of aromatic nitrogens is 2. The van der Waals surface area contributed by atoms with Gasteiger partial charge in [-0.25, -0.2) is 9.97 Å². The Hall–Kier alpha value is -2.87. The van der Waals surface area contributed by atoms with Gasteiger partial charge in [-0.3, -0.25) is 4.79 Å². The van der Waals surface area contributed by atoms with E-state index in [-0.39, 0.29) is 25.0 Å². The minimum atomic E-state index is -0.682. The van der Waals surface area contributed by atoms with Crippen LogP contribution in [-0.2, 0) is 4.79 Å². The monoisotopic (exact) mass is 375 g/mol. The van der Waals surface area contributed by atoms with Crippen LogP contribution < -0.4 is 21.5 Å². The Balaban J connectivity index is 2.77. The number of primary amides is 1. The van der Waals surface area contributed by atoms with Gasteiger partial charge in [0.05, 0.1) is 11.9 Å². The highest BCUT2D eigenvalue weighted by Gasteiger charge is 2.13. The smallest absolute Gasteiger partial charge is 0.264 e. The quantitative estimate of drug-likeness (QED) is 0.321. The van der Waals surface area contributed by atoms with Gasteiger partial charge in [-0.15, -0.1) is 0 Å². The minimum absolute atomic E-state index is 0.0377. The van der Waals surface area contributed by atoms with Crippen molar-refractivity contribution in [3.8, 4) is 5.75 Å². The van der Waals surface area contributed by atoms with E-state index in [1.165, 1.54) is 6.08 Å². The standard InChI is InChI=1S/C19H29N5O3/c1-4-6-15(9-10-25)24-19-17(11-22-14(3)23-19)27-12-13(2)7-5-8-16(20)18(21)26/h5,7-8,11,15,25H,2,4,6,9-10,12,20H2,1,3H3,(H2,21,26)(H,22,23,24)/b7-5-,16-8-/t15-/m0/s1. The summed E-state index contributed by atoms with van der Waals surface area (Å²) in [7, 11) is 0. The molecule has 0 saturated carbocycles. The SMILES string of the molecule is C=C(/C=C\C=C(/N)C(N)=O)COc1cnc(C)nc1N[C@@H](CCC)CCO. The average Bonchev–Trinajstić information content (AvgIpc) is 2.61. The molecule has 8 heteroatoms. The van der Waals surface area contributed by atoms with Crippen LogP contribution in [0.4, 0.5) is 5.82 Å². The maximum atomic E-state index is 10.8. The molecule has 6 N–H and O–H groups in total. The zero-order chi connectivity index (χ0) is 20.2. The first-order valence-corrected chi connectivity index (χ1v) is 8.82. The number of nitrogens with one attached hydrogen (secondary N) is 1. The molecule has 1 rings (SSSR count). The summed E-state index contributed by atoms with van der Waals surface area (Å²) in [5, 5.41) is 12.6. The van der Waals surface area contributed by atoms with E-state index >= 15 is 0 Å². The number of hydrogen-bond donors (Lipinski definition) is 4. The summed E-state index contributed by atoms with van der Waals surface area (Å²) < 4.78 is 5.77. The molecule has 0 fully saturated rings. The number of carbonyl (C=O) groups excluding carboxylic acids is 1. The van der Waals surface area contributed by atoms with Crippen molar-refractivity contribution in [2.75, 3.05) is 18.5 Å². The van der Waals surface area contributed by atoms with E-state index in [1.807, 2.05) is 0 Å². The minimum Gasteiger partial charge on any atom is -0.483 e. The predicted molar refractivity (Wildman–Crippen MR) is 106 cm³/mol. The fourth-order valence-electron chi connectivity index (χ4n) is 2.24. The third-order valence-electron chi connectivity index (χ3n) is 3.64. The molecule has 1 atom stereocenters. The molecule has 0 aliphatic carbocycles. The van der Waals surface area contributed by atoms with E-state index in [0.717, 1.165) is 12.8 Å². The first kappa shape index (κ1) is 22.2. The fourth-order valence-corrected chi connectivity index (χ4v) is 2.24. The van der Waals surface area contributed by atoms with E-state index < -0.39 is 5.91 Å². The maximum absolute atomic E-state index is 10.8. The number of nitrogens with two attached hydrogens (primary N) is 2. The van der Waals surface area contributed by atoms with E-state index in [2.05, 4.69) is 28.8 Å². The summed E-state index contributed by atoms with van der Waals surface area (Å²) in [6, 6.07) is 0.0988. The second-order valence-corrected chi connectivity index (χ2v) is 6.06. The molecule has 1 aromatic heterocycles. The topological polar surface area (TPSA) is 136 Å². The lowest BCUT2D eigenvalue weighted by Crippen LogP contribution is -2.22. The van der Waals surface area contributed by atoms with Gasteiger partial charge in [0.15, 0.2) is 11.6 Å². The number of rotatable bonds is 12. The van der Waals surface area contributed by atoms with Gasteiger partial charge < -0.3 is 26.6 Å². The Morgan fingerprint density at radius 3 is 2.81 bits per heavy atom. The second kappa shape index (κ2) is 11.7. The van der Waals surface area contributed by atoms with Crippen LogP contribution in [0.15, 0.2) is 42.3 Å². The van der Waals surface area contributed by atoms with E-state index in [1.54, 1.807) is 25.3 Å². The number of anilines is 1. The van der Waals surface area contributed by atoms with Crippen molar-refractivity contribution >= 4 is 11.7 Å². The molecular weight excluding hydrogens is 346 g/mol. The molecule has 0 spiro atoms. The number of aryl methyl sites for hydroxylation is 1. The number of carbonyl (C=O) groups is 1. The van der Waals surface area contributed by atoms with E-state index in [0.29, 0.717) is 29.4 Å². The van der Waals surface area contributed by atoms with Crippen molar-refractivity contribution in [3.63, 3.8) is 0 Å². The summed E-state index contributed by atoms with van der Waals surface area (Å²) in [4.78, 5) is 19.4. The van der Waals surface area contributed by atoms with E-state index in [4.69, 9.17) is 16.2 Å². The van der Waals surface area contributed by atoms with Crippen LogP contribution in [0, 0.1) is 6.92 Å². The Bertz CT molecular complexity index is 695. The molecule has 0 aliphatic rings. The van der Waals surface area contributed by atoms with Crippen LogP contribution >= 0.6 is 0 Å². The van der Waals surface area contributed by atoms with Crippen LogP contribution in [0.25, 0.3) is 0 Å². The van der Waals surface area contributed by atoms with Gasteiger partial charge in [-0.1, -0.05) is 32.1 Å². The molecule has 0 aliphatic heterocycles. The molecule has 0 saturated heterocycles. The summed E-state index contributed by atoms with van der Waals surface area (Å²) >= 11 is 0. The molecule has 0 unspecified atom stereocenters. The van der Waals surface area contributed by atoms with Gasteiger partial charge in [0.25, 0.3) is 5.91 Å². The zero-order valence-electron chi connectivity index (χ0n) is 15.9. The highest BCUT2D eigenvalue weighted by molar-refractivity contribution is 5.91. The van der Waals surface area contributed by atoms with Gasteiger partial charge in [0.1, 0.15) is 12.4 Å². The molecule has 27 heavy (non-hydrogen) atoms. The number of nitrogens with zero attached hydrogens (tertiary/aromatic N) is 2. The summed E-state index contributed by atoms with van der Waals surface area (Å²) in [5.74, 6) is 1.03. The third kappa shape index (κ3) is 8.37. The van der Waals surface area contributed by atoms with Crippen molar-refractivity contribution in [2.24, 2.45) is 11.5 Å². The molecule has 148 valence electrons. The molecule has 0 radical (unpaired) electrons. The van der Waals surface area contributed by atoms with Crippen molar-refractivity contribution in [1.29, 1.82) is 0 Å². The zero-order valence-corrected chi connectivity index (χ0v) is 15.9. The average molecular weight is 375 g/mol. The molecule has 0 aromatic carbocycles. The van der Waals surface area contributed by atoms with Crippen molar-refractivity contribution in [1.82, 2.24) is 9.97 Å². The molecule has 1 amide bonds. The third-order valence-corrected chi connectivity index (χ3v) is 3.64. The van der Waals surface area contributed by atoms with Crippen LogP contribution in [0.2, 0.25) is 0 Å². The van der Waals surface area contributed by atoms with Gasteiger partial charge in [-0.2, -0.15) is 0 Å². The van der Waals surface area contributed by atoms with Crippen LogP contribution in [0.5, 0.6) is 5.75 Å². The van der Waals surface area contributed by atoms with Gasteiger partial charge in [-0.05, 0) is 31.4 Å². The highest BCUT2D eigenvalue weighted by atomic mass is 16.5. The second-order valence-electron chi connectivity index (χ2n) is 6.06. The number of hydrogen-bond acceptors (Lipinski definition) is 7. The molecular formula is C19H29N5O3. The Morgan fingerprint density at radius 1 is 1.44 bits per heavy atom. The lowest BCUT2D eigenvalue weighted by molar-refractivity contribution is -0.114. The molecule has 1 aromatic rings. The van der Waals surface area contributed by atoms with Crippen LogP contribution in [0.1, 0.15) is 32.0 Å². The lowest BCUT2D eigenvalue weighted by atomic mass is 10.1.